The fraction of sp³-hybridized carbons (Fsp3) is 0.250. The summed E-state index contributed by atoms with van der Waals surface area (Å²) < 4.78 is 0. The van der Waals surface area contributed by atoms with Gasteiger partial charge in [0.05, 0.1) is 5.92 Å². The van der Waals surface area contributed by atoms with E-state index in [-0.39, 0.29) is 11.7 Å². The van der Waals surface area contributed by atoms with Gasteiger partial charge >= 0.3 is 0 Å². The molecule has 2 aromatic carbocycles. The van der Waals surface area contributed by atoms with E-state index in [2.05, 4.69) is 29.2 Å². The van der Waals surface area contributed by atoms with E-state index in [1.807, 2.05) is 18.2 Å². The molecular weight excluding hydrogens is 286 g/mol. The minimum absolute atomic E-state index is 0.0579. The summed E-state index contributed by atoms with van der Waals surface area (Å²) in [5.74, 6) is 0.651. The Morgan fingerprint density at radius 1 is 1.04 bits per heavy atom. The van der Waals surface area contributed by atoms with Crippen LogP contribution >= 0.6 is 0 Å². The Hall–Kier alpha value is -2.39. The Morgan fingerprint density at radius 3 is 2.52 bits per heavy atom. The first-order valence-electron chi connectivity index (χ1n) is 8.01. The maximum Gasteiger partial charge on any atom is 0.145 e. The zero-order valence-corrected chi connectivity index (χ0v) is 12.9. The fourth-order valence-electron chi connectivity index (χ4n) is 3.71. The Bertz CT molecular complexity index is 762. The zero-order chi connectivity index (χ0) is 15.8. The first-order valence-corrected chi connectivity index (χ1v) is 8.01. The molecule has 1 atom stereocenters. The first-order chi connectivity index (χ1) is 11.2. The lowest BCUT2D eigenvalue weighted by Crippen LogP contribution is -2.22. The van der Waals surface area contributed by atoms with Gasteiger partial charge in [-0.1, -0.05) is 42.5 Å². The molecule has 1 heterocycles. The highest BCUT2D eigenvalue weighted by atomic mass is 16.3. The molecule has 0 spiro atoms. The average molecular weight is 305 g/mol. The number of phenols is 1. The van der Waals surface area contributed by atoms with Crippen LogP contribution in [0.2, 0.25) is 0 Å². The van der Waals surface area contributed by atoms with Gasteiger partial charge in [0.2, 0.25) is 0 Å². The number of allylic oxidation sites excluding steroid dienone is 1. The number of carbonyl (C=O) groups is 1. The van der Waals surface area contributed by atoms with Crippen molar-refractivity contribution in [2.24, 2.45) is 5.92 Å². The molecule has 3 nitrogen and oxygen atoms in total. The highest BCUT2D eigenvalue weighted by Gasteiger charge is 2.39. The predicted octanol–water partition coefficient (Wildman–Crippen LogP) is 3.25. The van der Waals surface area contributed by atoms with Gasteiger partial charge in [-0.15, -0.1) is 0 Å². The van der Waals surface area contributed by atoms with E-state index in [1.165, 1.54) is 11.1 Å². The molecule has 1 unspecified atom stereocenters. The van der Waals surface area contributed by atoms with Crippen molar-refractivity contribution in [2.75, 3.05) is 13.1 Å². The molecule has 3 heteroatoms. The zero-order valence-electron chi connectivity index (χ0n) is 12.9. The number of ketones is 1. The monoisotopic (exact) mass is 305 g/mol. The molecule has 0 bridgehead atoms. The van der Waals surface area contributed by atoms with Gasteiger partial charge in [-0.3, -0.25) is 9.69 Å². The average Bonchev–Trinajstić information content (AvgIpc) is 3.10. The number of nitrogens with zero attached hydrogens (tertiary/aromatic N) is 1. The molecule has 1 fully saturated rings. The second kappa shape index (κ2) is 5.67. The van der Waals surface area contributed by atoms with Gasteiger partial charge in [-0.05, 0) is 34.4 Å². The van der Waals surface area contributed by atoms with Crippen molar-refractivity contribution in [3.63, 3.8) is 0 Å². The second-order valence-corrected chi connectivity index (χ2v) is 6.40. The fourth-order valence-corrected chi connectivity index (χ4v) is 3.71. The number of benzene rings is 2. The number of aromatic hydroxyl groups is 1. The number of likely N-dealkylation sites (tertiary alicyclic amines) is 1. The molecule has 0 aromatic heterocycles. The van der Waals surface area contributed by atoms with Crippen molar-refractivity contribution in [2.45, 2.75) is 13.0 Å². The largest absolute Gasteiger partial charge is 0.508 e. The summed E-state index contributed by atoms with van der Waals surface area (Å²) in [5.41, 5.74) is 4.79. The second-order valence-electron chi connectivity index (χ2n) is 6.40. The molecule has 1 saturated heterocycles. The normalized spacial score (nSPS) is 21.0. The molecule has 2 aromatic rings. The highest BCUT2D eigenvalue weighted by Crippen LogP contribution is 2.40. The smallest absolute Gasteiger partial charge is 0.145 e. The molecule has 1 aliphatic carbocycles. The molecule has 0 radical (unpaired) electrons. The molecule has 1 N–H and O–H groups in total. The Balaban J connectivity index is 1.59. The minimum atomic E-state index is 0.0579. The van der Waals surface area contributed by atoms with E-state index in [4.69, 9.17) is 0 Å². The third-order valence-electron chi connectivity index (χ3n) is 4.85. The van der Waals surface area contributed by atoms with E-state index in [0.29, 0.717) is 12.2 Å². The summed E-state index contributed by atoms with van der Waals surface area (Å²) in [7, 11) is 0. The summed E-state index contributed by atoms with van der Waals surface area (Å²) >= 11 is 0. The first kappa shape index (κ1) is 14.2. The number of hydrogen-bond donors (Lipinski definition) is 1. The lowest BCUT2D eigenvalue weighted by atomic mass is 10.0. The molecule has 0 saturated carbocycles. The van der Waals surface area contributed by atoms with Crippen molar-refractivity contribution in [3.05, 3.63) is 71.3 Å². The lowest BCUT2D eigenvalue weighted by molar-refractivity contribution is -0.120. The Labute approximate surface area is 135 Å². The van der Waals surface area contributed by atoms with Crippen LogP contribution in [0.3, 0.4) is 0 Å². The summed E-state index contributed by atoms with van der Waals surface area (Å²) in [6.07, 6.45) is 0.532. The third-order valence-corrected chi connectivity index (χ3v) is 4.85. The number of fused-ring (bicyclic) bond motifs is 1. The van der Waals surface area contributed by atoms with Crippen molar-refractivity contribution >= 4 is 11.4 Å². The van der Waals surface area contributed by atoms with Gasteiger partial charge in [0, 0.05) is 26.1 Å². The van der Waals surface area contributed by atoms with Crippen LogP contribution in [-0.2, 0) is 11.3 Å². The molecule has 23 heavy (non-hydrogen) atoms. The van der Waals surface area contributed by atoms with E-state index in [9.17, 15) is 9.90 Å². The SMILES string of the molecule is O=C1CC(c2ccc(O)cc2)=C2CN(Cc3ccccc3)CC12. The predicted molar refractivity (Wildman–Crippen MR) is 89.9 cm³/mol. The molecular formula is C20H19NO2. The topological polar surface area (TPSA) is 40.5 Å². The standard InChI is InChI=1S/C20H19NO2/c22-16-8-6-15(7-9-16)17-10-20(23)19-13-21(12-18(17)19)11-14-4-2-1-3-5-14/h1-9,19,22H,10-13H2. The van der Waals surface area contributed by atoms with Crippen molar-refractivity contribution in [1.82, 2.24) is 4.90 Å². The highest BCUT2D eigenvalue weighted by molar-refractivity contribution is 6.01. The van der Waals surface area contributed by atoms with Crippen molar-refractivity contribution < 1.29 is 9.90 Å². The molecule has 4 rings (SSSR count). The minimum Gasteiger partial charge on any atom is -0.508 e. The van der Waals surface area contributed by atoms with E-state index >= 15 is 0 Å². The van der Waals surface area contributed by atoms with E-state index in [1.54, 1.807) is 12.1 Å². The van der Waals surface area contributed by atoms with Gasteiger partial charge in [0.15, 0.2) is 0 Å². The third kappa shape index (κ3) is 2.68. The van der Waals surface area contributed by atoms with E-state index < -0.39 is 0 Å². The Kier molecular flexibility index (Phi) is 3.50. The number of phenolic OH excluding ortho intramolecular Hbond substituents is 1. The summed E-state index contributed by atoms with van der Waals surface area (Å²) in [6.45, 7) is 2.57. The number of carbonyl (C=O) groups excluding carboxylic acids is 1. The number of rotatable bonds is 3. The van der Waals surface area contributed by atoms with Crippen LogP contribution in [0, 0.1) is 5.92 Å². The van der Waals surface area contributed by atoms with Gasteiger partial charge in [-0.2, -0.15) is 0 Å². The van der Waals surface area contributed by atoms with Crippen LogP contribution in [0.25, 0.3) is 5.57 Å². The quantitative estimate of drug-likeness (QED) is 0.946. The van der Waals surface area contributed by atoms with Crippen molar-refractivity contribution in [3.8, 4) is 5.75 Å². The summed E-state index contributed by atoms with van der Waals surface area (Å²) in [6, 6.07) is 17.6. The van der Waals surface area contributed by atoms with Crippen LogP contribution in [0.4, 0.5) is 0 Å². The number of hydrogen-bond acceptors (Lipinski definition) is 3. The van der Waals surface area contributed by atoms with Crippen LogP contribution < -0.4 is 0 Å². The van der Waals surface area contributed by atoms with Gasteiger partial charge in [0.1, 0.15) is 11.5 Å². The summed E-state index contributed by atoms with van der Waals surface area (Å²) in [4.78, 5) is 14.7. The van der Waals surface area contributed by atoms with Crippen LogP contribution in [0.15, 0.2) is 60.2 Å². The summed E-state index contributed by atoms with van der Waals surface area (Å²) in [5, 5.41) is 9.45. The van der Waals surface area contributed by atoms with Crippen LogP contribution in [-0.4, -0.2) is 28.9 Å². The molecule has 116 valence electrons. The molecule has 0 amide bonds. The van der Waals surface area contributed by atoms with Gasteiger partial charge < -0.3 is 5.11 Å². The van der Waals surface area contributed by atoms with Crippen LogP contribution in [0.5, 0.6) is 5.75 Å². The Morgan fingerprint density at radius 2 is 1.78 bits per heavy atom. The van der Waals surface area contributed by atoms with Gasteiger partial charge in [0.25, 0.3) is 0 Å². The molecule has 1 aliphatic heterocycles. The number of Topliss-reactive ketones (excluding diaryl/α,β-unsaturated/α-hetero) is 1. The molecule has 2 aliphatic rings. The lowest BCUT2D eigenvalue weighted by Gasteiger charge is -2.16. The van der Waals surface area contributed by atoms with Crippen molar-refractivity contribution in [1.29, 1.82) is 0 Å². The van der Waals surface area contributed by atoms with Crippen LogP contribution in [0.1, 0.15) is 17.5 Å². The maximum atomic E-state index is 12.4. The maximum absolute atomic E-state index is 12.4. The van der Waals surface area contributed by atoms with E-state index in [0.717, 1.165) is 30.8 Å². The van der Waals surface area contributed by atoms with Gasteiger partial charge in [-0.25, -0.2) is 0 Å².